The topological polar surface area (TPSA) is 67.7 Å². The van der Waals surface area contributed by atoms with Crippen LogP contribution in [-0.4, -0.2) is 70.2 Å². The van der Waals surface area contributed by atoms with Crippen LogP contribution in [0.4, 0.5) is 0 Å². The highest BCUT2D eigenvalue weighted by atomic mass is 16.5. The number of likely N-dealkylation sites (tertiary alicyclic amines) is 1. The number of aryl methyl sites for hydroxylation is 1. The monoisotopic (exact) mass is 388 g/mol. The Morgan fingerprint density at radius 3 is 2.71 bits per heavy atom. The molecule has 0 bridgehead atoms. The number of rotatable bonds is 3. The molecule has 7 nitrogen and oxygen atoms in total. The van der Waals surface area contributed by atoms with Gasteiger partial charge in [-0.1, -0.05) is 6.42 Å². The number of morpholine rings is 1. The van der Waals surface area contributed by atoms with Gasteiger partial charge in [-0.2, -0.15) is 0 Å². The average molecular weight is 389 g/mol. The number of carbonyl (C=O) groups excluding carboxylic acids is 1. The van der Waals surface area contributed by atoms with Crippen molar-refractivity contribution in [3.05, 3.63) is 27.9 Å². The lowest BCUT2D eigenvalue weighted by Gasteiger charge is -2.35. The Labute approximate surface area is 166 Å². The summed E-state index contributed by atoms with van der Waals surface area (Å²) >= 11 is 0. The lowest BCUT2D eigenvalue weighted by Crippen LogP contribution is -2.49. The number of aromatic nitrogens is 2. The molecule has 154 valence electrons. The molecule has 7 heteroatoms. The zero-order valence-corrected chi connectivity index (χ0v) is 17.1. The number of carbonyl (C=O) groups is 1. The fourth-order valence-electron chi connectivity index (χ4n) is 4.88. The number of nitrogens with zero attached hydrogens (tertiary/aromatic N) is 4. The number of hydrogen-bond donors (Lipinski definition) is 0. The van der Waals surface area contributed by atoms with Crippen molar-refractivity contribution >= 4 is 5.91 Å². The highest BCUT2D eigenvalue weighted by molar-refractivity contribution is 5.78. The second-order valence-electron chi connectivity index (χ2n) is 8.67. The van der Waals surface area contributed by atoms with Crippen molar-refractivity contribution in [1.82, 2.24) is 19.4 Å². The van der Waals surface area contributed by atoms with E-state index in [2.05, 4.69) is 18.7 Å². The molecule has 1 amide bonds. The van der Waals surface area contributed by atoms with Gasteiger partial charge < -0.3 is 9.64 Å². The van der Waals surface area contributed by atoms with Crippen LogP contribution < -0.4 is 5.56 Å². The van der Waals surface area contributed by atoms with Crippen molar-refractivity contribution in [3.8, 4) is 0 Å². The molecule has 0 N–H and O–H groups in total. The molecular formula is C21H32N4O3. The molecule has 0 saturated carbocycles. The third-order valence-electron chi connectivity index (χ3n) is 6.20. The molecule has 3 aliphatic rings. The minimum absolute atomic E-state index is 0.0722. The highest BCUT2D eigenvalue weighted by Crippen LogP contribution is 2.26. The second-order valence-corrected chi connectivity index (χ2v) is 8.67. The van der Waals surface area contributed by atoms with Gasteiger partial charge in [-0.15, -0.1) is 0 Å². The summed E-state index contributed by atoms with van der Waals surface area (Å²) in [6.07, 6.45) is 5.41. The first kappa shape index (κ1) is 19.6. The van der Waals surface area contributed by atoms with Crippen LogP contribution in [0.1, 0.15) is 57.0 Å². The summed E-state index contributed by atoms with van der Waals surface area (Å²) in [6.45, 7) is 8.37. The molecule has 0 spiro atoms. The SMILES string of the molecule is CC1CN(CC(=O)N2CCC(c3cc(=O)n4c(n3)CCCCC4)C2)CC(C)O1. The summed E-state index contributed by atoms with van der Waals surface area (Å²) in [5.41, 5.74) is 0.949. The van der Waals surface area contributed by atoms with E-state index in [0.29, 0.717) is 13.1 Å². The predicted molar refractivity (Wildman–Crippen MR) is 106 cm³/mol. The lowest BCUT2D eigenvalue weighted by molar-refractivity contribution is -0.134. The van der Waals surface area contributed by atoms with E-state index in [1.165, 1.54) is 0 Å². The average Bonchev–Trinajstić information content (AvgIpc) is 3.00. The summed E-state index contributed by atoms with van der Waals surface area (Å²) in [5, 5.41) is 0. The van der Waals surface area contributed by atoms with Gasteiger partial charge in [0.25, 0.3) is 5.56 Å². The van der Waals surface area contributed by atoms with E-state index in [4.69, 9.17) is 9.72 Å². The fourth-order valence-corrected chi connectivity index (χ4v) is 4.88. The molecule has 28 heavy (non-hydrogen) atoms. The second kappa shape index (κ2) is 8.33. The van der Waals surface area contributed by atoms with Crippen LogP contribution in [-0.2, 0) is 22.5 Å². The highest BCUT2D eigenvalue weighted by Gasteiger charge is 2.31. The van der Waals surface area contributed by atoms with E-state index >= 15 is 0 Å². The molecule has 3 atom stereocenters. The molecule has 0 aliphatic carbocycles. The zero-order chi connectivity index (χ0) is 19.7. The van der Waals surface area contributed by atoms with E-state index in [9.17, 15) is 9.59 Å². The normalized spacial score (nSPS) is 28.8. The Morgan fingerprint density at radius 2 is 1.93 bits per heavy atom. The fraction of sp³-hybridized carbons (Fsp3) is 0.762. The van der Waals surface area contributed by atoms with Crippen molar-refractivity contribution in [2.45, 2.75) is 70.6 Å². The summed E-state index contributed by atoms with van der Waals surface area (Å²) in [4.78, 5) is 34.3. The maximum atomic E-state index is 12.8. The maximum Gasteiger partial charge on any atom is 0.253 e. The van der Waals surface area contributed by atoms with E-state index in [-0.39, 0.29) is 29.6 Å². The minimum atomic E-state index is 0.0722. The number of hydrogen-bond acceptors (Lipinski definition) is 5. The molecule has 4 rings (SSSR count). The Hall–Kier alpha value is -1.73. The van der Waals surface area contributed by atoms with Crippen LogP contribution in [0.3, 0.4) is 0 Å². The van der Waals surface area contributed by atoms with E-state index < -0.39 is 0 Å². The first-order valence-corrected chi connectivity index (χ1v) is 10.8. The van der Waals surface area contributed by atoms with Gasteiger partial charge >= 0.3 is 0 Å². The minimum Gasteiger partial charge on any atom is -0.373 e. The Bertz CT molecular complexity index is 767. The first-order valence-electron chi connectivity index (χ1n) is 10.8. The Morgan fingerprint density at radius 1 is 1.14 bits per heavy atom. The Balaban J connectivity index is 1.40. The third kappa shape index (κ3) is 4.30. The van der Waals surface area contributed by atoms with Gasteiger partial charge in [0.15, 0.2) is 0 Å². The molecular weight excluding hydrogens is 356 g/mol. The van der Waals surface area contributed by atoms with Gasteiger partial charge in [0.2, 0.25) is 5.91 Å². The summed E-state index contributed by atoms with van der Waals surface area (Å²) in [5.74, 6) is 1.28. The molecule has 1 aromatic rings. The van der Waals surface area contributed by atoms with E-state index in [0.717, 1.165) is 69.8 Å². The molecule has 1 aromatic heterocycles. The van der Waals surface area contributed by atoms with Crippen LogP contribution in [0, 0.1) is 0 Å². The van der Waals surface area contributed by atoms with Gasteiger partial charge in [0.05, 0.1) is 24.4 Å². The van der Waals surface area contributed by atoms with Crippen LogP contribution in [0.5, 0.6) is 0 Å². The van der Waals surface area contributed by atoms with Crippen molar-refractivity contribution in [1.29, 1.82) is 0 Å². The van der Waals surface area contributed by atoms with Crippen molar-refractivity contribution in [3.63, 3.8) is 0 Å². The summed E-state index contributed by atoms with van der Waals surface area (Å²) in [6, 6.07) is 1.71. The molecule has 4 heterocycles. The molecule has 0 aromatic carbocycles. The van der Waals surface area contributed by atoms with Gasteiger partial charge in [-0.25, -0.2) is 4.98 Å². The van der Waals surface area contributed by atoms with Crippen LogP contribution >= 0.6 is 0 Å². The molecule has 2 fully saturated rings. The van der Waals surface area contributed by atoms with E-state index in [1.807, 2.05) is 9.47 Å². The first-order chi connectivity index (χ1) is 13.5. The van der Waals surface area contributed by atoms with E-state index in [1.54, 1.807) is 6.07 Å². The Kier molecular flexibility index (Phi) is 5.83. The smallest absolute Gasteiger partial charge is 0.253 e. The van der Waals surface area contributed by atoms with Gasteiger partial charge in [0, 0.05) is 51.1 Å². The summed E-state index contributed by atoms with van der Waals surface area (Å²) in [7, 11) is 0. The number of amides is 1. The largest absolute Gasteiger partial charge is 0.373 e. The van der Waals surface area contributed by atoms with Crippen molar-refractivity contribution < 1.29 is 9.53 Å². The maximum absolute atomic E-state index is 12.8. The van der Waals surface area contributed by atoms with Crippen molar-refractivity contribution in [2.75, 3.05) is 32.7 Å². The summed E-state index contributed by atoms with van der Waals surface area (Å²) < 4.78 is 7.60. The van der Waals surface area contributed by atoms with Crippen LogP contribution in [0.15, 0.2) is 10.9 Å². The quantitative estimate of drug-likeness (QED) is 0.783. The molecule has 2 saturated heterocycles. The number of fused-ring (bicyclic) bond motifs is 1. The zero-order valence-electron chi connectivity index (χ0n) is 17.1. The lowest BCUT2D eigenvalue weighted by atomic mass is 10.0. The predicted octanol–water partition coefficient (Wildman–Crippen LogP) is 1.39. The van der Waals surface area contributed by atoms with Crippen molar-refractivity contribution in [2.24, 2.45) is 0 Å². The van der Waals surface area contributed by atoms with Gasteiger partial charge in [-0.05, 0) is 33.1 Å². The molecule has 3 aliphatic heterocycles. The van der Waals surface area contributed by atoms with Crippen LogP contribution in [0.25, 0.3) is 0 Å². The van der Waals surface area contributed by atoms with Crippen LogP contribution in [0.2, 0.25) is 0 Å². The van der Waals surface area contributed by atoms with Gasteiger partial charge in [0.1, 0.15) is 5.82 Å². The van der Waals surface area contributed by atoms with Gasteiger partial charge in [-0.3, -0.25) is 19.1 Å². The number of ether oxygens (including phenoxy) is 1. The third-order valence-corrected chi connectivity index (χ3v) is 6.20. The standard InChI is InChI=1S/C21H32N4O3/c1-15-11-23(12-16(2)28-15)14-21(27)24-9-7-17(13-24)18-10-20(26)25-8-5-3-4-6-19(25)22-18/h10,15-17H,3-9,11-14H2,1-2H3. The molecule has 3 unspecified atom stereocenters. The molecule has 0 radical (unpaired) electrons.